The van der Waals surface area contributed by atoms with Crippen LogP contribution in [0.25, 0.3) is 0 Å². The zero-order chi connectivity index (χ0) is 15.4. The molecule has 21 heavy (non-hydrogen) atoms. The molecule has 0 spiro atoms. The molecular formula is C15H20ClN3O2. The van der Waals surface area contributed by atoms with E-state index in [9.17, 15) is 9.59 Å². The van der Waals surface area contributed by atoms with Crippen molar-refractivity contribution < 1.29 is 9.59 Å². The number of halogens is 1. The van der Waals surface area contributed by atoms with Crippen molar-refractivity contribution in [3.63, 3.8) is 0 Å². The van der Waals surface area contributed by atoms with Crippen molar-refractivity contribution in [2.75, 3.05) is 17.2 Å². The Labute approximate surface area is 129 Å². The van der Waals surface area contributed by atoms with Crippen LogP contribution < -0.4 is 16.0 Å². The lowest BCUT2D eigenvalue weighted by molar-refractivity contribution is -0.116. The molecule has 0 saturated carbocycles. The minimum atomic E-state index is -0.0697. The maximum absolute atomic E-state index is 11.9. The van der Waals surface area contributed by atoms with Crippen LogP contribution in [0, 0.1) is 0 Å². The Morgan fingerprint density at radius 1 is 1.43 bits per heavy atom. The van der Waals surface area contributed by atoms with Gasteiger partial charge in [-0.3, -0.25) is 9.59 Å². The minimum Gasteiger partial charge on any atom is -0.325 e. The van der Waals surface area contributed by atoms with Crippen molar-refractivity contribution in [1.29, 1.82) is 0 Å². The Kier molecular flexibility index (Phi) is 5.20. The van der Waals surface area contributed by atoms with Crippen LogP contribution in [0.5, 0.6) is 0 Å². The summed E-state index contributed by atoms with van der Waals surface area (Å²) in [5.74, 6) is -0.121. The van der Waals surface area contributed by atoms with Crippen molar-refractivity contribution in [1.82, 2.24) is 5.32 Å². The van der Waals surface area contributed by atoms with Crippen LogP contribution >= 0.6 is 11.6 Å². The van der Waals surface area contributed by atoms with E-state index in [1.165, 1.54) is 0 Å². The molecule has 114 valence electrons. The molecule has 3 N–H and O–H groups in total. The van der Waals surface area contributed by atoms with Gasteiger partial charge >= 0.3 is 0 Å². The Balaban J connectivity index is 1.90. The van der Waals surface area contributed by atoms with E-state index >= 15 is 0 Å². The standard InChI is InChI=1S/C15H20ClN3O2/c1-9(2)17-5-3-4-14(20)19-13-6-10-7-15(21)18-12(10)8-11(13)16/h6,8-9,17H,3-5,7H2,1-2H3,(H,18,21)(H,19,20). The Morgan fingerprint density at radius 3 is 2.90 bits per heavy atom. The highest BCUT2D eigenvalue weighted by molar-refractivity contribution is 6.34. The van der Waals surface area contributed by atoms with Gasteiger partial charge in [0.05, 0.1) is 17.1 Å². The summed E-state index contributed by atoms with van der Waals surface area (Å²) in [6.07, 6.45) is 1.53. The number of fused-ring (bicyclic) bond motifs is 1. The summed E-state index contributed by atoms with van der Waals surface area (Å²) >= 11 is 6.12. The molecule has 0 radical (unpaired) electrons. The summed E-state index contributed by atoms with van der Waals surface area (Å²) in [5, 5.41) is 9.23. The maximum Gasteiger partial charge on any atom is 0.228 e. The monoisotopic (exact) mass is 309 g/mol. The van der Waals surface area contributed by atoms with Crippen LogP contribution in [0.1, 0.15) is 32.3 Å². The number of benzene rings is 1. The van der Waals surface area contributed by atoms with Crippen LogP contribution in [0.15, 0.2) is 12.1 Å². The van der Waals surface area contributed by atoms with Crippen LogP contribution in [-0.4, -0.2) is 24.4 Å². The number of hydrogen-bond donors (Lipinski definition) is 3. The zero-order valence-corrected chi connectivity index (χ0v) is 13.0. The maximum atomic E-state index is 11.9. The van der Waals surface area contributed by atoms with Crippen molar-refractivity contribution in [2.24, 2.45) is 0 Å². The van der Waals surface area contributed by atoms with Crippen LogP contribution in [0.3, 0.4) is 0 Å². The molecular weight excluding hydrogens is 290 g/mol. The molecule has 1 aromatic rings. The fourth-order valence-electron chi connectivity index (χ4n) is 2.20. The van der Waals surface area contributed by atoms with Crippen molar-refractivity contribution in [3.05, 3.63) is 22.7 Å². The second-order valence-corrected chi connectivity index (χ2v) is 5.88. The number of nitrogens with one attached hydrogen (secondary N) is 3. The van der Waals surface area contributed by atoms with E-state index < -0.39 is 0 Å². The largest absolute Gasteiger partial charge is 0.325 e. The summed E-state index contributed by atoms with van der Waals surface area (Å²) in [5.41, 5.74) is 2.15. The average molecular weight is 310 g/mol. The van der Waals surface area contributed by atoms with Crippen LogP contribution in [0.2, 0.25) is 5.02 Å². The van der Waals surface area contributed by atoms with E-state index in [2.05, 4.69) is 29.8 Å². The molecule has 1 aliphatic heterocycles. The first-order valence-electron chi connectivity index (χ1n) is 7.11. The Morgan fingerprint density at radius 2 is 2.19 bits per heavy atom. The number of hydrogen-bond acceptors (Lipinski definition) is 3. The molecule has 0 aliphatic carbocycles. The smallest absolute Gasteiger partial charge is 0.228 e. The summed E-state index contributed by atoms with van der Waals surface area (Å²) in [7, 11) is 0. The van der Waals surface area contributed by atoms with Gasteiger partial charge in [0.2, 0.25) is 11.8 Å². The molecule has 0 atom stereocenters. The highest BCUT2D eigenvalue weighted by Gasteiger charge is 2.20. The first-order valence-corrected chi connectivity index (χ1v) is 7.49. The third-order valence-corrected chi connectivity index (χ3v) is 3.54. The van der Waals surface area contributed by atoms with E-state index in [1.807, 2.05) is 0 Å². The first kappa shape index (κ1) is 15.8. The van der Waals surface area contributed by atoms with Gasteiger partial charge in [-0.1, -0.05) is 25.4 Å². The highest BCUT2D eigenvalue weighted by Crippen LogP contribution is 2.32. The third-order valence-electron chi connectivity index (χ3n) is 3.23. The predicted molar refractivity (Wildman–Crippen MR) is 84.8 cm³/mol. The fourth-order valence-corrected chi connectivity index (χ4v) is 2.41. The molecule has 1 aromatic carbocycles. The molecule has 5 nitrogen and oxygen atoms in total. The molecule has 0 saturated heterocycles. The van der Waals surface area contributed by atoms with E-state index in [4.69, 9.17) is 11.6 Å². The fraction of sp³-hybridized carbons (Fsp3) is 0.467. The van der Waals surface area contributed by atoms with Gasteiger partial charge in [-0.05, 0) is 30.7 Å². The average Bonchev–Trinajstić information content (AvgIpc) is 2.74. The SMILES string of the molecule is CC(C)NCCCC(=O)Nc1cc2c(cc1Cl)NC(=O)C2. The lowest BCUT2D eigenvalue weighted by Crippen LogP contribution is -2.24. The van der Waals surface area contributed by atoms with Crippen molar-refractivity contribution in [2.45, 2.75) is 39.2 Å². The number of carbonyl (C=O) groups excluding carboxylic acids is 2. The van der Waals surface area contributed by atoms with Gasteiger partial charge in [0.1, 0.15) is 0 Å². The lowest BCUT2D eigenvalue weighted by atomic mass is 10.1. The summed E-state index contributed by atoms with van der Waals surface area (Å²) in [6, 6.07) is 3.86. The van der Waals surface area contributed by atoms with Gasteiger partial charge in [-0.2, -0.15) is 0 Å². The Hall–Kier alpha value is -1.59. The summed E-state index contributed by atoms with van der Waals surface area (Å²) < 4.78 is 0. The normalized spacial score (nSPS) is 13.2. The van der Waals surface area contributed by atoms with Gasteiger partial charge < -0.3 is 16.0 Å². The minimum absolute atomic E-state index is 0.0516. The van der Waals surface area contributed by atoms with Gasteiger partial charge in [0.15, 0.2) is 0 Å². The third kappa shape index (κ3) is 4.44. The Bertz CT molecular complexity index is 558. The number of amides is 2. The molecule has 1 aliphatic rings. The molecule has 0 aromatic heterocycles. The van der Waals surface area contributed by atoms with Gasteiger partial charge in [-0.15, -0.1) is 0 Å². The van der Waals surface area contributed by atoms with E-state index in [-0.39, 0.29) is 11.8 Å². The summed E-state index contributed by atoms with van der Waals surface area (Å²) in [6.45, 7) is 4.95. The van der Waals surface area contributed by atoms with Crippen LogP contribution in [0.4, 0.5) is 11.4 Å². The molecule has 1 heterocycles. The van der Waals surface area contributed by atoms with E-state index in [0.717, 1.165) is 24.2 Å². The second kappa shape index (κ2) is 6.91. The topological polar surface area (TPSA) is 70.2 Å². The quantitative estimate of drug-likeness (QED) is 0.707. The molecule has 2 amide bonds. The first-order chi connectivity index (χ1) is 9.95. The van der Waals surface area contributed by atoms with Crippen LogP contribution in [-0.2, 0) is 16.0 Å². The summed E-state index contributed by atoms with van der Waals surface area (Å²) in [4.78, 5) is 23.2. The van der Waals surface area contributed by atoms with E-state index in [0.29, 0.717) is 29.6 Å². The predicted octanol–water partition coefficient (Wildman–Crippen LogP) is 2.55. The number of anilines is 2. The van der Waals surface area contributed by atoms with Crippen molar-refractivity contribution in [3.8, 4) is 0 Å². The number of carbonyl (C=O) groups is 2. The van der Waals surface area contributed by atoms with Gasteiger partial charge in [-0.25, -0.2) is 0 Å². The van der Waals surface area contributed by atoms with E-state index in [1.54, 1.807) is 12.1 Å². The van der Waals surface area contributed by atoms with Gasteiger partial charge in [0, 0.05) is 18.2 Å². The molecule has 0 fully saturated rings. The second-order valence-electron chi connectivity index (χ2n) is 5.47. The highest BCUT2D eigenvalue weighted by atomic mass is 35.5. The molecule has 2 rings (SSSR count). The zero-order valence-electron chi connectivity index (χ0n) is 12.3. The lowest BCUT2D eigenvalue weighted by Gasteiger charge is -2.10. The van der Waals surface area contributed by atoms with Crippen molar-refractivity contribution >= 4 is 34.8 Å². The molecule has 0 bridgehead atoms. The van der Waals surface area contributed by atoms with Gasteiger partial charge in [0.25, 0.3) is 0 Å². The molecule has 6 heteroatoms. The molecule has 0 unspecified atom stereocenters. The number of rotatable bonds is 6.